The molecule has 126 valence electrons. The maximum atomic E-state index is 12.5. The van der Waals surface area contributed by atoms with Crippen LogP contribution in [0.25, 0.3) is 0 Å². The van der Waals surface area contributed by atoms with Gasteiger partial charge in [0.25, 0.3) is 0 Å². The largest absolute Gasteiger partial charge is 0.371 e. The number of hydrogen-bond acceptors (Lipinski definition) is 5. The summed E-state index contributed by atoms with van der Waals surface area (Å²) in [5.41, 5.74) is 0.634. The Morgan fingerprint density at radius 2 is 2.30 bits per heavy atom. The van der Waals surface area contributed by atoms with Gasteiger partial charge in [-0.05, 0) is 25.0 Å². The number of anilines is 1. The van der Waals surface area contributed by atoms with Crippen molar-refractivity contribution in [3.63, 3.8) is 0 Å². The van der Waals surface area contributed by atoms with Gasteiger partial charge in [-0.3, -0.25) is 9.78 Å². The maximum Gasteiger partial charge on any atom is 0.230 e. The van der Waals surface area contributed by atoms with Crippen molar-refractivity contribution in [3.8, 4) is 0 Å². The maximum absolute atomic E-state index is 12.5. The minimum Gasteiger partial charge on any atom is -0.371 e. The highest BCUT2D eigenvalue weighted by Gasteiger charge is 2.47. The molecule has 1 aromatic rings. The van der Waals surface area contributed by atoms with Crippen LogP contribution in [0.2, 0.25) is 0 Å². The van der Waals surface area contributed by atoms with Crippen molar-refractivity contribution in [3.05, 3.63) is 24.5 Å². The summed E-state index contributed by atoms with van der Waals surface area (Å²) in [6.45, 7) is 2.44. The van der Waals surface area contributed by atoms with Gasteiger partial charge in [-0.15, -0.1) is 0 Å². The summed E-state index contributed by atoms with van der Waals surface area (Å²) in [6.07, 6.45) is 3.77. The first kappa shape index (κ1) is 16.4. The number of carbonyl (C=O) groups excluding carboxylic acids is 1. The lowest BCUT2D eigenvalue weighted by Crippen LogP contribution is -2.48. The van der Waals surface area contributed by atoms with Crippen LogP contribution in [0.3, 0.4) is 0 Å². The average Bonchev–Trinajstić information content (AvgIpc) is 2.82. The Kier molecular flexibility index (Phi) is 4.65. The second-order valence-corrected chi connectivity index (χ2v) is 8.09. The number of pyridine rings is 1. The van der Waals surface area contributed by atoms with Gasteiger partial charge in [0.2, 0.25) is 15.9 Å². The molecule has 3 heterocycles. The second kappa shape index (κ2) is 6.54. The number of rotatable bonds is 5. The number of hydrogen-bond donors (Lipinski definition) is 1. The molecule has 1 aromatic heterocycles. The zero-order valence-corrected chi connectivity index (χ0v) is 13.8. The van der Waals surface area contributed by atoms with Crippen LogP contribution in [0.4, 0.5) is 5.69 Å². The minimum atomic E-state index is -3.26. The summed E-state index contributed by atoms with van der Waals surface area (Å²) in [5.74, 6) is -0.332. The Morgan fingerprint density at radius 3 is 3.00 bits per heavy atom. The Labute approximate surface area is 136 Å². The van der Waals surface area contributed by atoms with Crippen molar-refractivity contribution in [2.24, 2.45) is 5.92 Å². The molecule has 2 saturated heterocycles. The van der Waals surface area contributed by atoms with Gasteiger partial charge in [0.05, 0.1) is 35.8 Å². The highest BCUT2D eigenvalue weighted by molar-refractivity contribution is 7.89. The third-order valence-electron chi connectivity index (χ3n) is 4.25. The summed E-state index contributed by atoms with van der Waals surface area (Å²) in [6, 6.07) is 3.52. The minimum absolute atomic E-state index is 0.138. The molecule has 3 rings (SSSR count). The summed E-state index contributed by atoms with van der Waals surface area (Å²) < 4.78 is 31.7. The molecule has 0 saturated carbocycles. The molecule has 2 fully saturated rings. The van der Waals surface area contributed by atoms with E-state index >= 15 is 0 Å². The molecule has 0 aromatic carbocycles. The standard InChI is InChI=1S/C15H21N3O4S/c1-2-6-23(20,21)18-9-12-7-13(14(10-18)22-12)15(19)17-11-4-3-5-16-8-11/h3-5,8,12-14H,2,6-7,9-10H2,1H3,(H,17,19)/t12-,13+,14-/m0/s1. The lowest BCUT2D eigenvalue weighted by atomic mass is 9.99. The van der Waals surface area contributed by atoms with Gasteiger partial charge < -0.3 is 10.1 Å². The average molecular weight is 339 g/mol. The number of sulfonamides is 1. The summed E-state index contributed by atoms with van der Waals surface area (Å²) in [7, 11) is -3.26. The van der Waals surface area contributed by atoms with Gasteiger partial charge in [0.15, 0.2) is 0 Å². The number of nitrogens with one attached hydrogen (secondary N) is 1. The van der Waals surface area contributed by atoms with E-state index in [1.807, 2.05) is 6.92 Å². The van der Waals surface area contributed by atoms with E-state index in [-0.39, 0.29) is 36.3 Å². The predicted molar refractivity (Wildman–Crippen MR) is 85.3 cm³/mol. The number of fused-ring (bicyclic) bond motifs is 2. The Hall–Kier alpha value is -1.51. The number of amides is 1. The molecular formula is C15H21N3O4S. The highest BCUT2D eigenvalue weighted by Crippen LogP contribution is 2.33. The molecule has 8 heteroatoms. The number of carbonyl (C=O) groups is 1. The molecule has 1 amide bonds. The fourth-order valence-electron chi connectivity index (χ4n) is 3.18. The Bertz CT molecular complexity index is 665. The van der Waals surface area contributed by atoms with Crippen LogP contribution >= 0.6 is 0 Å². The van der Waals surface area contributed by atoms with Gasteiger partial charge in [-0.2, -0.15) is 4.31 Å². The molecule has 2 aliphatic heterocycles. The first-order valence-corrected chi connectivity index (χ1v) is 9.44. The third kappa shape index (κ3) is 3.54. The normalized spacial score (nSPS) is 27.8. The summed E-state index contributed by atoms with van der Waals surface area (Å²) in [4.78, 5) is 16.4. The van der Waals surface area contributed by atoms with Crippen molar-refractivity contribution in [2.75, 3.05) is 24.2 Å². The molecule has 2 aliphatic rings. The topological polar surface area (TPSA) is 88.6 Å². The lowest BCUT2D eigenvalue weighted by Gasteiger charge is -2.31. The monoisotopic (exact) mass is 339 g/mol. The molecule has 0 aliphatic carbocycles. The number of aromatic nitrogens is 1. The van der Waals surface area contributed by atoms with Crippen LogP contribution in [0.1, 0.15) is 19.8 Å². The first-order valence-electron chi connectivity index (χ1n) is 7.84. The first-order chi connectivity index (χ1) is 11.0. The summed E-state index contributed by atoms with van der Waals surface area (Å²) >= 11 is 0. The van der Waals surface area contributed by atoms with Gasteiger partial charge in [0.1, 0.15) is 0 Å². The van der Waals surface area contributed by atoms with E-state index in [4.69, 9.17) is 4.74 Å². The Morgan fingerprint density at radius 1 is 1.48 bits per heavy atom. The molecule has 1 N–H and O–H groups in total. The molecule has 23 heavy (non-hydrogen) atoms. The van der Waals surface area contributed by atoms with Crippen molar-refractivity contribution >= 4 is 21.6 Å². The van der Waals surface area contributed by atoms with E-state index < -0.39 is 10.0 Å². The van der Waals surface area contributed by atoms with Crippen molar-refractivity contribution in [1.29, 1.82) is 0 Å². The molecule has 3 atom stereocenters. The van der Waals surface area contributed by atoms with E-state index in [2.05, 4.69) is 10.3 Å². The van der Waals surface area contributed by atoms with Crippen molar-refractivity contribution in [1.82, 2.24) is 9.29 Å². The van der Waals surface area contributed by atoms with Gasteiger partial charge >= 0.3 is 0 Å². The van der Waals surface area contributed by atoms with E-state index in [1.54, 1.807) is 24.5 Å². The van der Waals surface area contributed by atoms with Gasteiger partial charge in [-0.1, -0.05) is 6.92 Å². The highest BCUT2D eigenvalue weighted by atomic mass is 32.2. The van der Waals surface area contributed by atoms with Crippen LogP contribution in [0, 0.1) is 5.92 Å². The van der Waals surface area contributed by atoms with E-state index in [1.165, 1.54) is 4.31 Å². The second-order valence-electron chi connectivity index (χ2n) is 6.00. The zero-order valence-electron chi connectivity index (χ0n) is 13.0. The zero-order chi connectivity index (χ0) is 16.4. The quantitative estimate of drug-likeness (QED) is 0.859. The van der Waals surface area contributed by atoms with Crippen LogP contribution in [0.15, 0.2) is 24.5 Å². The SMILES string of the molecule is CCCS(=O)(=O)N1C[C@@H]2C[C@@H](C(=O)Nc3cccnc3)[C@H](C1)O2. The molecule has 0 radical (unpaired) electrons. The van der Waals surface area contributed by atoms with Crippen LogP contribution in [0.5, 0.6) is 0 Å². The van der Waals surface area contributed by atoms with Crippen molar-refractivity contribution < 1.29 is 17.9 Å². The fraction of sp³-hybridized carbons (Fsp3) is 0.600. The molecular weight excluding hydrogens is 318 g/mol. The molecule has 7 nitrogen and oxygen atoms in total. The summed E-state index contributed by atoms with van der Waals surface area (Å²) in [5, 5.41) is 2.83. The van der Waals surface area contributed by atoms with Gasteiger partial charge in [-0.25, -0.2) is 8.42 Å². The number of ether oxygens (including phenoxy) is 1. The fourth-order valence-corrected chi connectivity index (χ4v) is 4.73. The molecule has 0 unspecified atom stereocenters. The van der Waals surface area contributed by atoms with Crippen LogP contribution in [-0.2, 0) is 19.6 Å². The predicted octanol–water partition coefficient (Wildman–Crippen LogP) is 0.849. The molecule has 0 spiro atoms. The van der Waals surface area contributed by atoms with E-state index in [0.717, 1.165) is 0 Å². The Balaban J connectivity index is 1.67. The van der Waals surface area contributed by atoms with Crippen LogP contribution in [-0.4, -0.2) is 54.7 Å². The number of morpholine rings is 1. The van der Waals surface area contributed by atoms with E-state index in [0.29, 0.717) is 25.1 Å². The smallest absolute Gasteiger partial charge is 0.230 e. The number of nitrogens with zero attached hydrogens (tertiary/aromatic N) is 2. The van der Waals surface area contributed by atoms with Crippen molar-refractivity contribution in [2.45, 2.75) is 32.0 Å². The van der Waals surface area contributed by atoms with Gasteiger partial charge in [0, 0.05) is 19.3 Å². The third-order valence-corrected chi connectivity index (χ3v) is 6.25. The molecule has 2 bridgehead atoms. The van der Waals surface area contributed by atoms with E-state index in [9.17, 15) is 13.2 Å². The van der Waals surface area contributed by atoms with Crippen LogP contribution < -0.4 is 5.32 Å². The lowest BCUT2D eigenvalue weighted by molar-refractivity contribution is -0.122.